The summed E-state index contributed by atoms with van der Waals surface area (Å²) in [6.07, 6.45) is -0.585. The van der Waals surface area contributed by atoms with Gasteiger partial charge in [0.1, 0.15) is 0 Å². The zero-order chi connectivity index (χ0) is 18.4. The number of nitrogens with one attached hydrogen (secondary N) is 2. The minimum absolute atomic E-state index is 0.213. The zero-order valence-electron chi connectivity index (χ0n) is 14.1. The largest absolute Gasteiger partial charge is 0.550 e. The van der Waals surface area contributed by atoms with Crippen molar-refractivity contribution in [3.63, 3.8) is 0 Å². The standard InChI is InChI=1S/C19H20N2O4/c1-12-6-5-9-15(13(12)2)21-19(25)14-7-3-4-8-16(14)20-17(22)10-11-18(23)24/h3-9H,10-11H2,1-2H3,(H,20,22)(H,21,25)(H,23,24)/p-1. The summed E-state index contributed by atoms with van der Waals surface area (Å²) in [5.41, 5.74) is 3.34. The first kappa shape index (κ1) is 18.2. The number of rotatable bonds is 6. The van der Waals surface area contributed by atoms with Gasteiger partial charge in [0, 0.05) is 18.1 Å². The Labute approximate surface area is 145 Å². The second-order valence-electron chi connectivity index (χ2n) is 5.67. The van der Waals surface area contributed by atoms with Gasteiger partial charge in [-0.05, 0) is 49.6 Å². The molecule has 0 aromatic heterocycles. The van der Waals surface area contributed by atoms with Crippen molar-refractivity contribution in [2.24, 2.45) is 0 Å². The van der Waals surface area contributed by atoms with Crippen molar-refractivity contribution >= 4 is 29.2 Å². The minimum atomic E-state index is -1.30. The van der Waals surface area contributed by atoms with Crippen molar-refractivity contribution in [1.82, 2.24) is 0 Å². The SMILES string of the molecule is Cc1cccc(NC(=O)c2ccccc2NC(=O)CCC(=O)[O-])c1C. The van der Waals surface area contributed by atoms with E-state index in [1.165, 1.54) is 0 Å². The number of carbonyl (C=O) groups is 3. The van der Waals surface area contributed by atoms with Gasteiger partial charge in [0.05, 0.1) is 11.3 Å². The Hall–Kier alpha value is -3.15. The lowest BCUT2D eigenvalue weighted by atomic mass is 10.1. The summed E-state index contributed by atoms with van der Waals surface area (Å²) in [4.78, 5) is 34.8. The molecule has 2 N–H and O–H groups in total. The van der Waals surface area contributed by atoms with Gasteiger partial charge in [-0.1, -0.05) is 24.3 Å². The van der Waals surface area contributed by atoms with Crippen molar-refractivity contribution in [3.05, 3.63) is 59.2 Å². The summed E-state index contributed by atoms with van der Waals surface area (Å²) in [6, 6.07) is 12.2. The number of anilines is 2. The number of carbonyl (C=O) groups excluding carboxylic acids is 3. The van der Waals surface area contributed by atoms with E-state index in [9.17, 15) is 19.5 Å². The predicted octanol–water partition coefficient (Wildman–Crippen LogP) is 2.02. The number of carboxylic acid groups (broad SMARTS) is 1. The fourth-order valence-electron chi connectivity index (χ4n) is 2.29. The first-order chi connectivity index (χ1) is 11.9. The minimum Gasteiger partial charge on any atom is -0.550 e. The number of para-hydroxylation sites is 1. The molecule has 0 aliphatic heterocycles. The van der Waals surface area contributed by atoms with Crippen molar-refractivity contribution in [2.45, 2.75) is 26.7 Å². The Morgan fingerprint density at radius 1 is 0.880 bits per heavy atom. The topological polar surface area (TPSA) is 98.3 Å². The van der Waals surface area contributed by atoms with Crippen molar-refractivity contribution in [1.29, 1.82) is 0 Å². The molecule has 130 valence electrons. The summed E-state index contributed by atoms with van der Waals surface area (Å²) in [5, 5.41) is 15.8. The second-order valence-corrected chi connectivity index (χ2v) is 5.67. The highest BCUT2D eigenvalue weighted by Crippen LogP contribution is 2.21. The number of benzene rings is 2. The van der Waals surface area contributed by atoms with E-state index < -0.39 is 11.9 Å². The molecule has 0 saturated carbocycles. The molecule has 0 bridgehead atoms. The highest BCUT2D eigenvalue weighted by molar-refractivity contribution is 6.10. The molecule has 0 saturated heterocycles. The Balaban J connectivity index is 2.16. The maximum absolute atomic E-state index is 12.6. The summed E-state index contributed by atoms with van der Waals surface area (Å²) < 4.78 is 0. The van der Waals surface area contributed by atoms with Gasteiger partial charge in [-0.3, -0.25) is 9.59 Å². The van der Waals surface area contributed by atoms with E-state index in [4.69, 9.17) is 0 Å². The molecule has 0 fully saturated rings. The van der Waals surface area contributed by atoms with E-state index >= 15 is 0 Å². The maximum Gasteiger partial charge on any atom is 0.257 e. The third-order valence-electron chi connectivity index (χ3n) is 3.85. The zero-order valence-corrected chi connectivity index (χ0v) is 14.1. The molecule has 2 amide bonds. The Bertz CT molecular complexity index is 815. The average molecular weight is 339 g/mol. The van der Waals surface area contributed by atoms with E-state index in [0.29, 0.717) is 16.9 Å². The number of aryl methyl sites for hydroxylation is 1. The number of hydrogen-bond donors (Lipinski definition) is 2. The molecule has 6 heteroatoms. The van der Waals surface area contributed by atoms with Gasteiger partial charge in [0.15, 0.2) is 0 Å². The summed E-state index contributed by atoms with van der Waals surface area (Å²) in [6.45, 7) is 3.87. The van der Waals surface area contributed by atoms with Crippen LogP contribution in [0, 0.1) is 13.8 Å². The van der Waals surface area contributed by atoms with Crippen LogP contribution in [0.15, 0.2) is 42.5 Å². The van der Waals surface area contributed by atoms with Gasteiger partial charge in [-0.15, -0.1) is 0 Å². The third-order valence-corrected chi connectivity index (χ3v) is 3.85. The van der Waals surface area contributed by atoms with Gasteiger partial charge in [-0.25, -0.2) is 0 Å². The molecule has 25 heavy (non-hydrogen) atoms. The van der Waals surface area contributed by atoms with Crippen LogP contribution in [0.2, 0.25) is 0 Å². The Kier molecular flexibility index (Phi) is 5.89. The molecule has 2 aromatic carbocycles. The van der Waals surface area contributed by atoms with Gasteiger partial charge in [0.25, 0.3) is 5.91 Å². The molecule has 0 atom stereocenters. The highest BCUT2D eigenvalue weighted by atomic mass is 16.4. The fourth-order valence-corrected chi connectivity index (χ4v) is 2.29. The number of aliphatic carboxylic acids is 1. The van der Waals surface area contributed by atoms with Crippen LogP contribution in [-0.2, 0) is 9.59 Å². The van der Waals surface area contributed by atoms with Gasteiger partial charge in [-0.2, -0.15) is 0 Å². The maximum atomic E-state index is 12.6. The van der Waals surface area contributed by atoms with Crippen LogP contribution < -0.4 is 15.7 Å². The molecule has 6 nitrogen and oxygen atoms in total. The van der Waals surface area contributed by atoms with Crippen LogP contribution in [-0.4, -0.2) is 17.8 Å². The molecule has 0 aliphatic rings. The summed E-state index contributed by atoms with van der Waals surface area (Å²) >= 11 is 0. The highest BCUT2D eigenvalue weighted by Gasteiger charge is 2.14. The van der Waals surface area contributed by atoms with Gasteiger partial charge in [0.2, 0.25) is 5.91 Å². The average Bonchev–Trinajstić information content (AvgIpc) is 2.57. The quantitative estimate of drug-likeness (QED) is 0.841. The third kappa shape index (κ3) is 4.91. The fraction of sp³-hybridized carbons (Fsp3) is 0.211. The van der Waals surface area contributed by atoms with E-state index in [-0.39, 0.29) is 18.7 Å². The van der Waals surface area contributed by atoms with E-state index in [0.717, 1.165) is 11.1 Å². The van der Waals surface area contributed by atoms with Crippen molar-refractivity contribution in [3.8, 4) is 0 Å². The van der Waals surface area contributed by atoms with Crippen molar-refractivity contribution in [2.75, 3.05) is 10.6 Å². The van der Waals surface area contributed by atoms with Crippen LogP contribution in [0.1, 0.15) is 34.3 Å². The van der Waals surface area contributed by atoms with Crippen molar-refractivity contribution < 1.29 is 19.5 Å². The Morgan fingerprint density at radius 3 is 2.28 bits per heavy atom. The van der Waals surface area contributed by atoms with Gasteiger partial charge >= 0.3 is 0 Å². The van der Waals surface area contributed by atoms with E-state index in [1.807, 2.05) is 26.0 Å². The number of hydrogen-bond acceptors (Lipinski definition) is 4. The molecule has 0 unspecified atom stereocenters. The smallest absolute Gasteiger partial charge is 0.257 e. The molecule has 0 radical (unpaired) electrons. The second kappa shape index (κ2) is 8.10. The molecule has 0 heterocycles. The van der Waals surface area contributed by atoms with Gasteiger partial charge < -0.3 is 20.5 Å². The van der Waals surface area contributed by atoms with E-state index in [1.54, 1.807) is 30.3 Å². The lowest BCUT2D eigenvalue weighted by Crippen LogP contribution is -2.24. The van der Waals surface area contributed by atoms with Crippen LogP contribution in [0.3, 0.4) is 0 Å². The lowest BCUT2D eigenvalue weighted by Gasteiger charge is -2.13. The van der Waals surface area contributed by atoms with E-state index in [2.05, 4.69) is 10.6 Å². The summed E-state index contributed by atoms with van der Waals surface area (Å²) in [7, 11) is 0. The molecule has 0 aliphatic carbocycles. The molecule has 2 rings (SSSR count). The van der Waals surface area contributed by atoms with Crippen LogP contribution in [0.5, 0.6) is 0 Å². The van der Waals surface area contributed by atoms with Crippen LogP contribution >= 0.6 is 0 Å². The molecular weight excluding hydrogens is 320 g/mol. The lowest BCUT2D eigenvalue weighted by molar-refractivity contribution is -0.305. The molecule has 2 aromatic rings. The predicted molar refractivity (Wildman–Crippen MR) is 93.2 cm³/mol. The first-order valence-electron chi connectivity index (χ1n) is 7.84. The van der Waals surface area contributed by atoms with Crippen LogP contribution in [0.25, 0.3) is 0 Å². The normalized spacial score (nSPS) is 10.2. The first-order valence-corrected chi connectivity index (χ1v) is 7.84. The molecular formula is C19H19N2O4-. The molecule has 0 spiro atoms. The monoisotopic (exact) mass is 339 g/mol. The summed E-state index contributed by atoms with van der Waals surface area (Å²) in [5.74, 6) is -2.14. The Morgan fingerprint density at radius 2 is 1.56 bits per heavy atom. The number of carboxylic acids is 1. The van der Waals surface area contributed by atoms with Crippen LogP contribution in [0.4, 0.5) is 11.4 Å². The number of amides is 2.